The van der Waals surface area contributed by atoms with Crippen molar-refractivity contribution in [3.8, 4) is 6.07 Å². The van der Waals surface area contributed by atoms with E-state index >= 15 is 0 Å². The molecule has 1 rings (SSSR count). The Morgan fingerprint density at radius 2 is 2.31 bits per heavy atom. The minimum Gasteiger partial charge on any atom is -0.323 e. The van der Waals surface area contributed by atoms with E-state index in [2.05, 4.69) is 15.9 Å². The van der Waals surface area contributed by atoms with Crippen LogP contribution in [0, 0.1) is 17.1 Å². The highest BCUT2D eigenvalue weighted by molar-refractivity contribution is 9.10. The van der Waals surface area contributed by atoms with Gasteiger partial charge in [0.2, 0.25) is 0 Å². The zero-order valence-corrected chi connectivity index (χ0v) is 8.38. The van der Waals surface area contributed by atoms with E-state index in [0.29, 0.717) is 10.0 Å². The van der Waals surface area contributed by atoms with Gasteiger partial charge < -0.3 is 5.73 Å². The molecule has 13 heavy (non-hydrogen) atoms. The lowest BCUT2D eigenvalue weighted by Gasteiger charge is -2.07. The van der Waals surface area contributed by atoms with E-state index in [-0.39, 0.29) is 12.2 Å². The largest absolute Gasteiger partial charge is 0.323 e. The highest BCUT2D eigenvalue weighted by Crippen LogP contribution is 2.20. The SMILES string of the molecule is N#CC[C@@H](N)c1ccc(Br)c(F)c1. The number of hydrogen-bond acceptors (Lipinski definition) is 2. The van der Waals surface area contributed by atoms with Gasteiger partial charge in [-0.1, -0.05) is 6.07 Å². The van der Waals surface area contributed by atoms with E-state index in [0.717, 1.165) is 0 Å². The van der Waals surface area contributed by atoms with E-state index in [1.807, 2.05) is 6.07 Å². The molecule has 1 aromatic carbocycles. The zero-order chi connectivity index (χ0) is 9.84. The Labute approximate surface area is 84.3 Å². The van der Waals surface area contributed by atoms with E-state index in [9.17, 15) is 4.39 Å². The first kappa shape index (κ1) is 10.2. The number of benzene rings is 1. The second-order valence-corrected chi connectivity index (χ2v) is 3.50. The normalized spacial score (nSPS) is 12.2. The molecular formula is C9H8BrFN2. The van der Waals surface area contributed by atoms with Gasteiger partial charge in [-0.3, -0.25) is 0 Å². The van der Waals surface area contributed by atoms with Crippen LogP contribution in [0.25, 0.3) is 0 Å². The summed E-state index contributed by atoms with van der Waals surface area (Å²) in [7, 11) is 0. The van der Waals surface area contributed by atoms with Crippen LogP contribution in [-0.4, -0.2) is 0 Å². The predicted molar refractivity (Wildman–Crippen MR) is 51.3 cm³/mol. The average molecular weight is 243 g/mol. The molecule has 0 spiro atoms. The molecule has 68 valence electrons. The lowest BCUT2D eigenvalue weighted by Crippen LogP contribution is -2.09. The average Bonchev–Trinajstić information content (AvgIpc) is 2.10. The van der Waals surface area contributed by atoms with Crippen LogP contribution in [0.4, 0.5) is 4.39 Å². The van der Waals surface area contributed by atoms with Gasteiger partial charge in [-0.25, -0.2) is 4.39 Å². The number of rotatable bonds is 2. The van der Waals surface area contributed by atoms with Crippen LogP contribution in [-0.2, 0) is 0 Å². The third-order valence-electron chi connectivity index (χ3n) is 1.68. The molecule has 0 radical (unpaired) electrons. The van der Waals surface area contributed by atoms with Crippen LogP contribution in [0.2, 0.25) is 0 Å². The number of nitrogens with two attached hydrogens (primary N) is 1. The van der Waals surface area contributed by atoms with E-state index in [4.69, 9.17) is 11.0 Å². The molecule has 0 bridgehead atoms. The monoisotopic (exact) mass is 242 g/mol. The zero-order valence-electron chi connectivity index (χ0n) is 6.80. The fourth-order valence-corrected chi connectivity index (χ4v) is 1.21. The predicted octanol–water partition coefficient (Wildman–Crippen LogP) is 2.50. The van der Waals surface area contributed by atoms with Crippen LogP contribution in [0.3, 0.4) is 0 Å². The molecule has 0 fully saturated rings. The number of nitrogens with zero attached hydrogens (tertiary/aromatic N) is 1. The summed E-state index contributed by atoms with van der Waals surface area (Å²) in [5, 5.41) is 8.39. The minimum absolute atomic E-state index is 0.196. The molecule has 0 aliphatic heterocycles. The van der Waals surface area contributed by atoms with Crippen molar-refractivity contribution in [2.24, 2.45) is 5.73 Å². The highest BCUT2D eigenvalue weighted by atomic mass is 79.9. The molecule has 0 saturated carbocycles. The van der Waals surface area contributed by atoms with E-state index in [1.165, 1.54) is 6.07 Å². The van der Waals surface area contributed by atoms with Crippen molar-refractivity contribution in [1.29, 1.82) is 5.26 Å². The van der Waals surface area contributed by atoms with Gasteiger partial charge >= 0.3 is 0 Å². The molecule has 1 atom stereocenters. The van der Waals surface area contributed by atoms with E-state index < -0.39 is 6.04 Å². The molecule has 0 amide bonds. The van der Waals surface area contributed by atoms with Gasteiger partial charge in [0.15, 0.2) is 0 Å². The van der Waals surface area contributed by atoms with Crippen molar-refractivity contribution < 1.29 is 4.39 Å². The number of nitriles is 1. The first-order valence-electron chi connectivity index (χ1n) is 3.72. The Kier molecular flexibility index (Phi) is 3.40. The van der Waals surface area contributed by atoms with Crippen LogP contribution in [0.15, 0.2) is 22.7 Å². The molecule has 2 N–H and O–H groups in total. The second-order valence-electron chi connectivity index (χ2n) is 2.64. The molecule has 0 aliphatic rings. The van der Waals surface area contributed by atoms with Crippen LogP contribution >= 0.6 is 15.9 Å². The number of halogens is 2. The standard InChI is InChI=1S/C9H8BrFN2/c10-7-2-1-6(5-8(7)11)9(13)3-4-12/h1-2,5,9H,3,13H2/t9-/m1/s1. The summed E-state index contributed by atoms with van der Waals surface area (Å²) in [5.41, 5.74) is 6.26. The Morgan fingerprint density at radius 3 is 2.85 bits per heavy atom. The minimum atomic E-state index is -0.410. The van der Waals surface area contributed by atoms with Crippen molar-refractivity contribution in [3.63, 3.8) is 0 Å². The van der Waals surface area contributed by atoms with Gasteiger partial charge in [0.25, 0.3) is 0 Å². The summed E-state index contributed by atoms with van der Waals surface area (Å²) < 4.78 is 13.4. The van der Waals surface area contributed by atoms with Crippen molar-refractivity contribution in [1.82, 2.24) is 0 Å². The van der Waals surface area contributed by atoms with Crippen LogP contribution in [0.5, 0.6) is 0 Å². The molecule has 0 saturated heterocycles. The Hall–Kier alpha value is -0.920. The van der Waals surface area contributed by atoms with Crippen molar-refractivity contribution in [3.05, 3.63) is 34.1 Å². The third-order valence-corrected chi connectivity index (χ3v) is 2.33. The first-order chi connectivity index (χ1) is 6.15. The fourth-order valence-electron chi connectivity index (χ4n) is 0.959. The molecule has 2 nitrogen and oxygen atoms in total. The summed E-state index contributed by atoms with van der Waals surface area (Å²) in [4.78, 5) is 0. The molecule has 0 aromatic heterocycles. The molecule has 0 aliphatic carbocycles. The molecule has 0 heterocycles. The maximum atomic E-state index is 13.0. The lowest BCUT2D eigenvalue weighted by atomic mass is 10.1. The summed E-state index contributed by atoms with van der Waals surface area (Å²) in [6.07, 6.45) is 0.196. The topological polar surface area (TPSA) is 49.8 Å². The Bertz CT molecular complexity index is 346. The second kappa shape index (κ2) is 4.35. The third kappa shape index (κ3) is 2.51. The molecular weight excluding hydrogens is 235 g/mol. The van der Waals surface area contributed by atoms with Crippen LogP contribution < -0.4 is 5.73 Å². The van der Waals surface area contributed by atoms with Gasteiger partial charge in [0.05, 0.1) is 17.0 Å². The maximum absolute atomic E-state index is 13.0. The first-order valence-corrected chi connectivity index (χ1v) is 4.52. The molecule has 0 unspecified atom stereocenters. The summed E-state index contributed by atoms with van der Waals surface area (Å²) >= 11 is 3.04. The maximum Gasteiger partial charge on any atom is 0.137 e. The van der Waals surface area contributed by atoms with Gasteiger partial charge in [0.1, 0.15) is 5.82 Å². The fraction of sp³-hybridized carbons (Fsp3) is 0.222. The van der Waals surface area contributed by atoms with Gasteiger partial charge in [0, 0.05) is 6.04 Å². The molecule has 4 heteroatoms. The van der Waals surface area contributed by atoms with Crippen molar-refractivity contribution in [2.75, 3.05) is 0 Å². The summed E-state index contributed by atoms with van der Waals surface area (Å²) in [6.45, 7) is 0. The van der Waals surface area contributed by atoms with Gasteiger partial charge in [-0.05, 0) is 33.6 Å². The van der Waals surface area contributed by atoms with Crippen LogP contribution in [0.1, 0.15) is 18.0 Å². The van der Waals surface area contributed by atoms with Gasteiger partial charge in [-0.2, -0.15) is 5.26 Å². The lowest BCUT2D eigenvalue weighted by molar-refractivity contribution is 0.613. The summed E-state index contributed by atoms with van der Waals surface area (Å²) in [6, 6.07) is 6.16. The Balaban J connectivity index is 2.91. The van der Waals surface area contributed by atoms with Crippen molar-refractivity contribution in [2.45, 2.75) is 12.5 Å². The van der Waals surface area contributed by atoms with E-state index in [1.54, 1.807) is 12.1 Å². The van der Waals surface area contributed by atoms with Gasteiger partial charge in [-0.15, -0.1) is 0 Å². The summed E-state index contributed by atoms with van der Waals surface area (Å²) in [5.74, 6) is -0.356. The molecule has 1 aromatic rings. The number of hydrogen-bond donors (Lipinski definition) is 1. The highest BCUT2D eigenvalue weighted by Gasteiger charge is 2.07. The van der Waals surface area contributed by atoms with Crippen molar-refractivity contribution >= 4 is 15.9 Å². The quantitative estimate of drug-likeness (QED) is 0.867. The Morgan fingerprint density at radius 1 is 1.62 bits per heavy atom. The smallest absolute Gasteiger partial charge is 0.137 e.